The fourth-order valence-corrected chi connectivity index (χ4v) is 5.06. The highest BCUT2D eigenvalue weighted by molar-refractivity contribution is 6.24. The van der Waals surface area contributed by atoms with E-state index < -0.39 is 0 Å². The minimum absolute atomic E-state index is 0.0239. The van der Waals surface area contributed by atoms with Crippen LogP contribution in [-0.4, -0.2) is 34.1 Å². The number of ketones is 2. The number of nitrogens with zero attached hydrogens (tertiary/aromatic N) is 2. The number of Topliss-reactive ketones (excluding diaryl/α,β-unsaturated/α-hetero) is 2. The molecule has 0 radical (unpaired) electrons. The Balaban J connectivity index is 1.52. The summed E-state index contributed by atoms with van der Waals surface area (Å²) in [5.41, 5.74) is 3.14. The predicted molar refractivity (Wildman–Crippen MR) is 132 cm³/mol. The van der Waals surface area contributed by atoms with Crippen molar-refractivity contribution in [3.63, 3.8) is 0 Å². The van der Waals surface area contributed by atoms with Gasteiger partial charge in [-0.15, -0.1) is 0 Å². The van der Waals surface area contributed by atoms with Crippen LogP contribution in [0.3, 0.4) is 0 Å². The van der Waals surface area contributed by atoms with E-state index in [1.54, 1.807) is 0 Å². The lowest BCUT2D eigenvalue weighted by atomic mass is 9.73. The molecule has 6 nitrogen and oxygen atoms in total. The fourth-order valence-electron chi connectivity index (χ4n) is 5.06. The molecule has 1 unspecified atom stereocenters. The smallest absolute Gasteiger partial charge is 0.168 e. The average molecular weight is 463 g/mol. The molecule has 0 spiro atoms. The number of hydrogen-bond donors (Lipinski definition) is 1. The number of aryl methyl sites for hydroxylation is 1. The Kier molecular flexibility index (Phi) is 7.15. The molecular weight excluding hydrogens is 428 g/mol. The van der Waals surface area contributed by atoms with Crippen LogP contribution in [0.2, 0.25) is 0 Å². The van der Waals surface area contributed by atoms with Crippen molar-refractivity contribution in [3.8, 4) is 0 Å². The van der Waals surface area contributed by atoms with Gasteiger partial charge in [-0.25, -0.2) is 0 Å². The van der Waals surface area contributed by atoms with E-state index in [4.69, 9.17) is 4.52 Å². The third-order valence-electron chi connectivity index (χ3n) is 6.80. The monoisotopic (exact) mass is 462 g/mol. The van der Waals surface area contributed by atoms with Crippen molar-refractivity contribution in [1.82, 2.24) is 5.16 Å². The molecule has 4 rings (SSSR count). The van der Waals surface area contributed by atoms with Crippen molar-refractivity contribution in [2.24, 2.45) is 10.4 Å². The molecule has 2 aromatic rings. The molecule has 1 N–H and O–H groups in total. The van der Waals surface area contributed by atoms with Crippen LogP contribution in [0.25, 0.3) is 0 Å². The number of aliphatic imine (C=N–C) groups is 1. The molecule has 2 aliphatic rings. The Morgan fingerprint density at radius 1 is 1.15 bits per heavy atom. The van der Waals surface area contributed by atoms with E-state index in [2.05, 4.69) is 30.9 Å². The van der Waals surface area contributed by atoms with Gasteiger partial charge in [0, 0.05) is 44.4 Å². The van der Waals surface area contributed by atoms with Gasteiger partial charge in [-0.05, 0) is 29.7 Å². The van der Waals surface area contributed by atoms with Gasteiger partial charge < -0.3 is 9.63 Å². The lowest BCUT2D eigenvalue weighted by molar-refractivity contribution is -0.117. The second kappa shape index (κ2) is 10.1. The van der Waals surface area contributed by atoms with Gasteiger partial charge in [0.05, 0.1) is 16.8 Å². The molecule has 180 valence electrons. The van der Waals surface area contributed by atoms with Crippen LogP contribution in [0, 0.1) is 5.41 Å². The first-order valence-electron chi connectivity index (χ1n) is 12.3. The fraction of sp³-hybridized carbons (Fsp3) is 0.500. The van der Waals surface area contributed by atoms with Crippen molar-refractivity contribution in [2.45, 2.75) is 78.1 Å². The molecule has 1 saturated carbocycles. The number of benzene rings is 1. The molecule has 1 atom stereocenters. The molecule has 6 heteroatoms. The highest BCUT2D eigenvalue weighted by Crippen LogP contribution is 2.37. The number of fused-ring (bicyclic) bond motifs is 1. The second-order valence-electron chi connectivity index (χ2n) is 10.3. The van der Waals surface area contributed by atoms with Crippen LogP contribution in [0.15, 0.2) is 51.2 Å². The number of allylic oxidation sites excluding steroid dienone is 2. The molecule has 1 heterocycles. The van der Waals surface area contributed by atoms with E-state index in [1.165, 1.54) is 0 Å². The Hall–Kier alpha value is -3.02. The molecule has 2 aliphatic carbocycles. The summed E-state index contributed by atoms with van der Waals surface area (Å²) in [6, 6.07) is 9.99. The number of unbranched alkanes of at least 4 members (excludes halogenated alkanes) is 1. The first kappa shape index (κ1) is 24.1. The number of carbonyl (C=O) groups is 2. The van der Waals surface area contributed by atoms with E-state index >= 15 is 0 Å². The van der Waals surface area contributed by atoms with Crippen molar-refractivity contribution >= 4 is 17.3 Å². The molecule has 1 aromatic heterocycles. The molecule has 0 bridgehead atoms. The number of aliphatic hydroxyl groups excluding tert-OH is 1. The van der Waals surface area contributed by atoms with Gasteiger partial charge in [-0.2, -0.15) is 0 Å². The number of hydrogen-bond acceptors (Lipinski definition) is 6. The highest BCUT2D eigenvalue weighted by atomic mass is 16.5. The van der Waals surface area contributed by atoms with Crippen molar-refractivity contribution in [2.75, 3.05) is 6.54 Å². The maximum atomic E-state index is 13.0. The average Bonchev–Trinajstić information content (AvgIpc) is 3.21. The second-order valence-corrected chi connectivity index (χ2v) is 10.3. The Labute approximate surface area is 201 Å². The Morgan fingerprint density at radius 2 is 1.91 bits per heavy atom. The van der Waals surface area contributed by atoms with Gasteiger partial charge in [0.2, 0.25) is 0 Å². The van der Waals surface area contributed by atoms with Crippen LogP contribution in [0.4, 0.5) is 0 Å². The molecule has 0 amide bonds. The van der Waals surface area contributed by atoms with Crippen molar-refractivity contribution < 1.29 is 19.2 Å². The maximum absolute atomic E-state index is 13.0. The zero-order valence-corrected chi connectivity index (χ0v) is 20.4. The number of aliphatic hydroxyl groups is 1. The summed E-state index contributed by atoms with van der Waals surface area (Å²) < 4.78 is 5.56. The topological polar surface area (TPSA) is 92.8 Å². The molecule has 0 saturated heterocycles. The molecule has 1 aromatic carbocycles. The van der Waals surface area contributed by atoms with Crippen LogP contribution < -0.4 is 0 Å². The summed E-state index contributed by atoms with van der Waals surface area (Å²) in [6.45, 7) is 6.88. The third kappa shape index (κ3) is 5.21. The zero-order valence-electron chi connectivity index (χ0n) is 20.4. The lowest BCUT2D eigenvalue weighted by Crippen LogP contribution is -2.33. The summed E-state index contributed by atoms with van der Waals surface area (Å²) in [4.78, 5) is 30.6. The molecular formula is C28H34N2O4. The van der Waals surface area contributed by atoms with E-state index in [0.717, 1.165) is 18.4 Å². The van der Waals surface area contributed by atoms with E-state index in [-0.39, 0.29) is 35.1 Å². The maximum Gasteiger partial charge on any atom is 0.168 e. The Bertz CT molecular complexity index is 1120. The standard InChI is InChI=1S/C28H34N2O4/c1-4-5-13-29-21-16-28(2,3)17-24(33)26(21)22(31)12-11-20-27-23(32)14-19(15-25(27)34-30-20)18-9-7-6-8-10-18/h6-10,19,31H,4-5,11-17H2,1-3H3/b26-22+,29-21?. The van der Waals surface area contributed by atoms with Gasteiger partial charge in [0.1, 0.15) is 11.5 Å². The van der Waals surface area contributed by atoms with E-state index in [1.807, 2.05) is 30.3 Å². The van der Waals surface area contributed by atoms with E-state index in [9.17, 15) is 14.7 Å². The quantitative estimate of drug-likeness (QED) is 0.311. The SMILES string of the molecule is CCCCN=C1CC(C)(C)CC(=O)/C1=C(/O)CCc1noc2c1C(=O)CC(c1ccccc1)C2. The number of carbonyl (C=O) groups excluding carboxylic acids is 2. The van der Waals surface area contributed by atoms with Gasteiger partial charge >= 0.3 is 0 Å². The van der Waals surface area contributed by atoms with Crippen LogP contribution in [0.1, 0.15) is 92.6 Å². The van der Waals surface area contributed by atoms with Crippen molar-refractivity contribution in [3.05, 3.63) is 64.2 Å². The normalized spacial score (nSPS) is 22.7. The summed E-state index contributed by atoms with van der Waals surface area (Å²) in [5.74, 6) is 0.703. The summed E-state index contributed by atoms with van der Waals surface area (Å²) >= 11 is 0. The highest BCUT2D eigenvalue weighted by Gasteiger charge is 2.37. The van der Waals surface area contributed by atoms with E-state index in [0.29, 0.717) is 67.0 Å². The first-order chi connectivity index (χ1) is 16.3. The summed E-state index contributed by atoms with van der Waals surface area (Å²) in [5, 5.41) is 15.1. The van der Waals surface area contributed by atoms with Crippen LogP contribution in [0.5, 0.6) is 0 Å². The molecule has 34 heavy (non-hydrogen) atoms. The lowest BCUT2D eigenvalue weighted by Gasteiger charge is -2.31. The van der Waals surface area contributed by atoms with Crippen LogP contribution in [-0.2, 0) is 17.6 Å². The zero-order chi connectivity index (χ0) is 24.3. The number of rotatable bonds is 7. The minimum atomic E-state index is -0.168. The van der Waals surface area contributed by atoms with Crippen LogP contribution >= 0.6 is 0 Å². The predicted octanol–water partition coefficient (Wildman–Crippen LogP) is 5.96. The van der Waals surface area contributed by atoms with Gasteiger partial charge in [0.15, 0.2) is 11.6 Å². The third-order valence-corrected chi connectivity index (χ3v) is 6.80. The first-order valence-corrected chi connectivity index (χ1v) is 12.3. The molecule has 1 fully saturated rings. The minimum Gasteiger partial charge on any atom is -0.511 e. The summed E-state index contributed by atoms with van der Waals surface area (Å²) in [6.07, 6.45) is 4.64. The number of aromatic nitrogens is 1. The van der Waals surface area contributed by atoms with Gasteiger partial charge in [-0.1, -0.05) is 62.7 Å². The van der Waals surface area contributed by atoms with Crippen molar-refractivity contribution in [1.29, 1.82) is 0 Å². The van der Waals surface area contributed by atoms with Gasteiger partial charge in [0.25, 0.3) is 0 Å². The largest absolute Gasteiger partial charge is 0.511 e. The van der Waals surface area contributed by atoms with Gasteiger partial charge in [-0.3, -0.25) is 14.6 Å². The molecule has 0 aliphatic heterocycles. The Morgan fingerprint density at radius 3 is 2.65 bits per heavy atom. The summed E-state index contributed by atoms with van der Waals surface area (Å²) in [7, 11) is 0.